The second-order valence-corrected chi connectivity index (χ2v) is 8.68. The van der Waals surface area contributed by atoms with Crippen molar-refractivity contribution in [2.24, 2.45) is 0 Å². The van der Waals surface area contributed by atoms with E-state index >= 15 is 0 Å². The second kappa shape index (κ2) is 5.69. The van der Waals surface area contributed by atoms with E-state index in [1.807, 2.05) is 25.7 Å². The first-order valence-corrected chi connectivity index (χ1v) is 8.99. The number of hydrogen-bond donors (Lipinski definition) is 0. The second-order valence-electron chi connectivity index (χ2n) is 7.77. The molecule has 1 spiro atoms. The van der Waals surface area contributed by atoms with E-state index in [2.05, 4.69) is 46.1 Å². The molecule has 5 heteroatoms. The Labute approximate surface area is 146 Å². The number of benzene rings is 1. The van der Waals surface area contributed by atoms with Crippen LogP contribution in [-0.4, -0.2) is 43.3 Å². The molecular formula is C18H25BrN2O2. The van der Waals surface area contributed by atoms with E-state index in [0.717, 1.165) is 36.9 Å². The summed E-state index contributed by atoms with van der Waals surface area (Å²) in [7, 11) is 2.15. The summed E-state index contributed by atoms with van der Waals surface area (Å²) < 4.78 is 6.63. The lowest BCUT2D eigenvalue weighted by Crippen LogP contribution is -2.48. The van der Waals surface area contributed by atoms with E-state index in [9.17, 15) is 4.79 Å². The number of nitrogens with zero attached hydrogens (tertiary/aromatic N) is 2. The van der Waals surface area contributed by atoms with Gasteiger partial charge in [-0.3, -0.25) is 0 Å². The molecule has 0 bridgehead atoms. The van der Waals surface area contributed by atoms with Gasteiger partial charge in [-0.25, -0.2) is 4.79 Å². The van der Waals surface area contributed by atoms with Gasteiger partial charge < -0.3 is 14.5 Å². The molecule has 1 aromatic rings. The van der Waals surface area contributed by atoms with Crippen LogP contribution in [0.15, 0.2) is 22.7 Å². The van der Waals surface area contributed by atoms with Crippen LogP contribution in [0, 0.1) is 0 Å². The summed E-state index contributed by atoms with van der Waals surface area (Å²) in [5.74, 6) is 0. The van der Waals surface area contributed by atoms with Crippen LogP contribution in [0.4, 0.5) is 10.5 Å². The standard InChI is InChI=1S/C18H25BrN2O2/c1-17(2,3)23-16(22)21-9-7-18(8-10-21)12-20(4)15-6-5-13(19)11-14(15)18/h5-6,11H,7-10,12H2,1-4H3. The van der Waals surface area contributed by atoms with Crippen LogP contribution in [-0.2, 0) is 10.2 Å². The first-order valence-electron chi connectivity index (χ1n) is 8.19. The molecule has 126 valence electrons. The summed E-state index contributed by atoms with van der Waals surface area (Å²) in [6, 6.07) is 6.54. The molecule has 0 atom stereocenters. The van der Waals surface area contributed by atoms with Crippen molar-refractivity contribution in [2.45, 2.75) is 44.6 Å². The zero-order chi connectivity index (χ0) is 16.8. The smallest absolute Gasteiger partial charge is 0.410 e. The van der Waals surface area contributed by atoms with Gasteiger partial charge in [-0.15, -0.1) is 0 Å². The van der Waals surface area contributed by atoms with Crippen LogP contribution in [0.2, 0.25) is 0 Å². The van der Waals surface area contributed by atoms with Crippen molar-refractivity contribution in [3.05, 3.63) is 28.2 Å². The molecule has 1 fully saturated rings. The van der Waals surface area contributed by atoms with Gasteiger partial charge in [0.2, 0.25) is 0 Å². The number of rotatable bonds is 0. The molecule has 1 aromatic carbocycles. The quantitative estimate of drug-likeness (QED) is 0.676. The molecule has 2 heterocycles. The summed E-state index contributed by atoms with van der Waals surface area (Å²) in [5, 5.41) is 0. The third kappa shape index (κ3) is 3.21. The number of fused-ring (bicyclic) bond motifs is 2. The highest BCUT2D eigenvalue weighted by molar-refractivity contribution is 9.10. The summed E-state index contributed by atoms with van der Waals surface area (Å²) in [5.41, 5.74) is 2.46. The van der Waals surface area contributed by atoms with Crippen LogP contribution in [0.1, 0.15) is 39.2 Å². The Morgan fingerprint density at radius 3 is 2.52 bits per heavy atom. The van der Waals surface area contributed by atoms with E-state index in [1.54, 1.807) is 0 Å². The molecule has 23 heavy (non-hydrogen) atoms. The summed E-state index contributed by atoms with van der Waals surface area (Å²) in [6.07, 6.45) is 1.79. The molecule has 4 nitrogen and oxygen atoms in total. The SMILES string of the molecule is CN1CC2(CCN(C(=O)OC(C)(C)C)CC2)c2cc(Br)ccc21. The number of piperidine rings is 1. The Bertz CT molecular complexity index is 616. The molecule has 0 aromatic heterocycles. The fraction of sp³-hybridized carbons (Fsp3) is 0.611. The first-order chi connectivity index (χ1) is 10.7. The third-order valence-corrected chi connectivity index (χ3v) is 5.35. The lowest BCUT2D eigenvalue weighted by molar-refractivity contribution is 0.0171. The first kappa shape index (κ1) is 16.6. The van der Waals surface area contributed by atoms with Crippen molar-refractivity contribution in [2.75, 3.05) is 31.6 Å². The predicted molar refractivity (Wildman–Crippen MR) is 96.1 cm³/mol. The molecule has 2 aliphatic heterocycles. The molecule has 2 aliphatic rings. The maximum Gasteiger partial charge on any atom is 0.410 e. The van der Waals surface area contributed by atoms with Crippen LogP contribution >= 0.6 is 15.9 Å². The van der Waals surface area contributed by atoms with E-state index in [0.29, 0.717) is 0 Å². The van der Waals surface area contributed by atoms with E-state index in [4.69, 9.17) is 4.74 Å². The lowest BCUT2D eigenvalue weighted by Gasteiger charge is -2.40. The third-order valence-electron chi connectivity index (χ3n) is 4.85. The molecule has 1 amide bonds. The Morgan fingerprint density at radius 1 is 1.26 bits per heavy atom. The molecule has 0 aliphatic carbocycles. The van der Waals surface area contributed by atoms with Gasteiger partial charge in [0.1, 0.15) is 5.60 Å². The number of anilines is 1. The van der Waals surface area contributed by atoms with Crippen LogP contribution in [0.5, 0.6) is 0 Å². The largest absolute Gasteiger partial charge is 0.444 e. The molecule has 0 N–H and O–H groups in total. The zero-order valence-electron chi connectivity index (χ0n) is 14.4. The van der Waals surface area contributed by atoms with E-state index in [-0.39, 0.29) is 11.5 Å². The fourth-order valence-corrected chi connectivity index (χ4v) is 4.12. The minimum Gasteiger partial charge on any atom is -0.444 e. The Kier molecular flexibility index (Phi) is 4.11. The Balaban J connectivity index is 1.75. The van der Waals surface area contributed by atoms with Gasteiger partial charge in [-0.1, -0.05) is 15.9 Å². The van der Waals surface area contributed by atoms with E-state index < -0.39 is 5.60 Å². The van der Waals surface area contributed by atoms with Gasteiger partial charge in [-0.2, -0.15) is 0 Å². The maximum absolute atomic E-state index is 12.3. The summed E-state index contributed by atoms with van der Waals surface area (Å²) in [6.45, 7) is 8.28. The van der Waals surface area contributed by atoms with Gasteiger partial charge in [0, 0.05) is 42.3 Å². The number of likely N-dealkylation sites (tertiary alicyclic amines) is 1. The fourth-order valence-electron chi connectivity index (χ4n) is 3.76. The molecule has 0 unspecified atom stereocenters. The normalized spacial score (nSPS) is 19.9. The average molecular weight is 381 g/mol. The van der Waals surface area contributed by atoms with Gasteiger partial charge in [0.15, 0.2) is 0 Å². The highest BCUT2D eigenvalue weighted by Crippen LogP contribution is 2.47. The van der Waals surface area contributed by atoms with Crippen LogP contribution in [0.3, 0.4) is 0 Å². The Morgan fingerprint density at radius 2 is 1.91 bits per heavy atom. The number of carbonyl (C=O) groups excluding carboxylic acids is 1. The highest BCUT2D eigenvalue weighted by atomic mass is 79.9. The molecule has 0 saturated carbocycles. The predicted octanol–water partition coefficient (Wildman–Crippen LogP) is 4.17. The summed E-state index contributed by atoms with van der Waals surface area (Å²) >= 11 is 3.60. The number of hydrogen-bond acceptors (Lipinski definition) is 3. The molecular weight excluding hydrogens is 356 g/mol. The number of amides is 1. The van der Waals surface area contributed by atoms with Crippen LogP contribution < -0.4 is 4.90 Å². The maximum atomic E-state index is 12.3. The van der Waals surface area contributed by atoms with E-state index in [1.165, 1.54) is 11.3 Å². The number of halogens is 1. The minimum absolute atomic E-state index is 0.159. The average Bonchev–Trinajstić information content (AvgIpc) is 2.70. The van der Waals surface area contributed by atoms with Gasteiger partial charge in [0.05, 0.1) is 0 Å². The minimum atomic E-state index is -0.433. The van der Waals surface area contributed by atoms with Crippen LogP contribution in [0.25, 0.3) is 0 Å². The molecule has 3 rings (SSSR count). The number of ether oxygens (including phenoxy) is 1. The summed E-state index contributed by atoms with van der Waals surface area (Å²) in [4.78, 5) is 16.5. The molecule has 1 saturated heterocycles. The van der Waals surface area contributed by atoms with Gasteiger partial charge in [0.25, 0.3) is 0 Å². The molecule has 0 radical (unpaired) electrons. The van der Waals surface area contributed by atoms with Crippen molar-refractivity contribution in [3.63, 3.8) is 0 Å². The lowest BCUT2D eigenvalue weighted by atomic mass is 9.74. The van der Waals surface area contributed by atoms with Crippen molar-refractivity contribution in [1.82, 2.24) is 4.90 Å². The Hall–Kier alpha value is -1.23. The van der Waals surface area contributed by atoms with Gasteiger partial charge >= 0.3 is 6.09 Å². The van der Waals surface area contributed by atoms with Gasteiger partial charge in [-0.05, 0) is 57.4 Å². The highest BCUT2D eigenvalue weighted by Gasteiger charge is 2.44. The monoisotopic (exact) mass is 380 g/mol. The number of likely N-dealkylation sites (N-methyl/N-ethyl adjacent to an activating group) is 1. The zero-order valence-corrected chi connectivity index (χ0v) is 15.9. The van der Waals surface area contributed by atoms with Crippen molar-refractivity contribution in [1.29, 1.82) is 0 Å². The van der Waals surface area contributed by atoms with Crippen molar-refractivity contribution < 1.29 is 9.53 Å². The van der Waals surface area contributed by atoms with Crippen molar-refractivity contribution >= 4 is 27.7 Å². The number of carbonyl (C=O) groups is 1. The van der Waals surface area contributed by atoms with Crippen molar-refractivity contribution in [3.8, 4) is 0 Å². The topological polar surface area (TPSA) is 32.8 Å².